The number of para-hydroxylation sites is 1. The molecule has 0 spiro atoms. The molecule has 1 unspecified atom stereocenters. The Bertz CT molecular complexity index is 1090. The summed E-state index contributed by atoms with van der Waals surface area (Å²) in [5.74, 6) is -0.263. The van der Waals surface area contributed by atoms with Gasteiger partial charge in [0.05, 0.1) is 10.6 Å². The zero-order chi connectivity index (χ0) is 22.1. The van der Waals surface area contributed by atoms with Gasteiger partial charge in [-0.1, -0.05) is 12.1 Å². The summed E-state index contributed by atoms with van der Waals surface area (Å²) < 4.78 is 24.2. The number of primary amides is 1. The van der Waals surface area contributed by atoms with Crippen molar-refractivity contribution in [3.05, 3.63) is 36.0 Å². The molecule has 1 aliphatic heterocycles. The summed E-state index contributed by atoms with van der Waals surface area (Å²) in [6.45, 7) is 5.06. The molecule has 1 aromatic carbocycles. The first-order valence-corrected chi connectivity index (χ1v) is 11.2. The quantitative estimate of drug-likeness (QED) is 0.707. The van der Waals surface area contributed by atoms with Crippen LogP contribution < -0.4 is 16.0 Å². The minimum Gasteiger partial charge on any atom is -0.365 e. The van der Waals surface area contributed by atoms with E-state index in [2.05, 4.69) is 15.3 Å². The number of benzene rings is 1. The lowest BCUT2D eigenvalue weighted by Crippen LogP contribution is -2.53. The van der Waals surface area contributed by atoms with Crippen molar-refractivity contribution in [1.82, 2.24) is 14.9 Å². The standard InChI is InChI=1S/C19H24N6O4S/c1-12-11-24(13(2)26)8-9-25(12)19-21-10-14(17(20)27)18(23-19)22-15-6-4-5-7-16(15)30(3,28)29/h4-7,10,12H,8-9,11H2,1-3H3,(H2,20,27)(H,21,22,23). The fraction of sp³-hybridized carbons (Fsp3) is 0.368. The molecule has 1 atom stereocenters. The molecule has 0 bridgehead atoms. The van der Waals surface area contributed by atoms with Gasteiger partial charge in [0.2, 0.25) is 11.9 Å². The van der Waals surface area contributed by atoms with E-state index in [1.54, 1.807) is 23.1 Å². The van der Waals surface area contributed by atoms with Gasteiger partial charge in [-0.2, -0.15) is 4.98 Å². The number of anilines is 3. The van der Waals surface area contributed by atoms with Gasteiger partial charge in [0.1, 0.15) is 11.4 Å². The van der Waals surface area contributed by atoms with Crippen LogP contribution in [0.2, 0.25) is 0 Å². The number of hydrogen-bond donors (Lipinski definition) is 2. The van der Waals surface area contributed by atoms with E-state index in [0.29, 0.717) is 25.6 Å². The number of carbonyl (C=O) groups excluding carboxylic acids is 2. The van der Waals surface area contributed by atoms with Crippen molar-refractivity contribution in [2.45, 2.75) is 24.8 Å². The molecule has 3 N–H and O–H groups in total. The first-order valence-electron chi connectivity index (χ1n) is 9.33. The van der Waals surface area contributed by atoms with E-state index in [4.69, 9.17) is 5.73 Å². The van der Waals surface area contributed by atoms with Crippen molar-refractivity contribution < 1.29 is 18.0 Å². The third kappa shape index (κ3) is 4.51. The highest BCUT2D eigenvalue weighted by Gasteiger charge is 2.28. The molecule has 2 amide bonds. The number of sulfone groups is 1. The Morgan fingerprint density at radius 3 is 2.53 bits per heavy atom. The van der Waals surface area contributed by atoms with E-state index in [9.17, 15) is 18.0 Å². The third-order valence-corrected chi connectivity index (χ3v) is 6.07. The second kappa shape index (κ2) is 8.27. The molecule has 2 heterocycles. The number of piperazine rings is 1. The second-order valence-corrected chi connectivity index (χ2v) is 9.18. The van der Waals surface area contributed by atoms with Crippen molar-refractivity contribution in [3.63, 3.8) is 0 Å². The Kier molecular flexibility index (Phi) is 5.92. The van der Waals surface area contributed by atoms with Crippen LogP contribution in [0.15, 0.2) is 35.4 Å². The number of nitrogens with two attached hydrogens (primary N) is 1. The normalized spacial score (nSPS) is 17.0. The van der Waals surface area contributed by atoms with Crippen LogP contribution in [-0.4, -0.2) is 67.0 Å². The molecular formula is C19H24N6O4S. The van der Waals surface area contributed by atoms with E-state index in [1.165, 1.54) is 19.2 Å². The topological polar surface area (TPSA) is 139 Å². The van der Waals surface area contributed by atoms with Gasteiger partial charge in [0, 0.05) is 45.1 Å². The van der Waals surface area contributed by atoms with Gasteiger partial charge in [-0.3, -0.25) is 9.59 Å². The van der Waals surface area contributed by atoms with Crippen molar-refractivity contribution in [3.8, 4) is 0 Å². The summed E-state index contributed by atoms with van der Waals surface area (Å²) >= 11 is 0. The fourth-order valence-corrected chi connectivity index (χ4v) is 4.19. The molecule has 1 aromatic heterocycles. The Hall–Kier alpha value is -3.21. The third-order valence-electron chi connectivity index (χ3n) is 4.91. The summed E-state index contributed by atoms with van der Waals surface area (Å²) in [4.78, 5) is 36.0. The predicted octanol–water partition coefficient (Wildman–Crippen LogP) is 0.780. The largest absolute Gasteiger partial charge is 0.365 e. The smallest absolute Gasteiger partial charge is 0.254 e. The zero-order valence-electron chi connectivity index (χ0n) is 17.0. The van der Waals surface area contributed by atoms with Crippen LogP contribution in [0.4, 0.5) is 17.5 Å². The van der Waals surface area contributed by atoms with Gasteiger partial charge < -0.3 is 20.9 Å². The van der Waals surface area contributed by atoms with E-state index < -0.39 is 15.7 Å². The van der Waals surface area contributed by atoms with Crippen LogP contribution in [-0.2, 0) is 14.6 Å². The lowest BCUT2D eigenvalue weighted by atomic mass is 10.2. The number of nitrogens with zero attached hydrogens (tertiary/aromatic N) is 4. The summed E-state index contributed by atoms with van der Waals surface area (Å²) in [6.07, 6.45) is 2.42. The number of amides is 2. The highest BCUT2D eigenvalue weighted by Crippen LogP contribution is 2.27. The maximum atomic E-state index is 12.1. The number of carbonyl (C=O) groups is 2. The number of hydrogen-bond acceptors (Lipinski definition) is 8. The first kappa shape index (κ1) is 21.5. The minimum absolute atomic E-state index is 0.00577. The predicted molar refractivity (Wildman–Crippen MR) is 112 cm³/mol. The summed E-state index contributed by atoms with van der Waals surface area (Å²) in [7, 11) is -3.51. The first-order chi connectivity index (χ1) is 14.1. The van der Waals surface area contributed by atoms with Gasteiger partial charge in [-0.05, 0) is 19.1 Å². The Morgan fingerprint density at radius 1 is 1.23 bits per heavy atom. The molecule has 2 aromatic rings. The van der Waals surface area contributed by atoms with E-state index >= 15 is 0 Å². The van der Waals surface area contributed by atoms with Gasteiger partial charge in [0.15, 0.2) is 9.84 Å². The molecule has 11 heteroatoms. The van der Waals surface area contributed by atoms with Crippen LogP contribution in [0.3, 0.4) is 0 Å². The molecule has 10 nitrogen and oxygen atoms in total. The van der Waals surface area contributed by atoms with Crippen LogP contribution in [0.5, 0.6) is 0 Å². The maximum absolute atomic E-state index is 12.1. The molecule has 0 saturated carbocycles. The SMILES string of the molecule is CC(=O)N1CCN(c2ncc(C(N)=O)c(Nc3ccccc3S(C)(=O)=O)n2)C(C)C1. The van der Waals surface area contributed by atoms with Crippen LogP contribution >= 0.6 is 0 Å². The molecule has 1 saturated heterocycles. The fourth-order valence-electron chi connectivity index (χ4n) is 3.35. The van der Waals surface area contributed by atoms with E-state index in [1.807, 2.05) is 11.8 Å². The highest BCUT2D eigenvalue weighted by atomic mass is 32.2. The van der Waals surface area contributed by atoms with Crippen LogP contribution in [0.1, 0.15) is 24.2 Å². The van der Waals surface area contributed by atoms with Gasteiger partial charge in [0.25, 0.3) is 5.91 Å². The van der Waals surface area contributed by atoms with Crippen molar-refractivity contribution >= 4 is 39.1 Å². The minimum atomic E-state index is -3.51. The molecule has 1 aliphatic rings. The highest BCUT2D eigenvalue weighted by molar-refractivity contribution is 7.90. The lowest BCUT2D eigenvalue weighted by Gasteiger charge is -2.39. The molecule has 160 valence electrons. The molecule has 0 radical (unpaired) electrons. The number of nitrogens with one attached hydrogen (secondary N) is 1. The molecule has 1 fully saturated rings. The van der Waals surface area contributed by atoms with Crippen LogP contribution in [0, 0.1) is 0 Å². The Morgan fingerprint density at radius 2 is 1.93 bits per heavy atom. The van der Waals surface area contributed by atoms with Gasteiger partial charge >= 0.3 is 0 Å². The van der Waals surface area contributed by atoms with Crippen molar-refractivity contribution in [2.75, 3.05) is 36.1 Å². The van der Waals surface area contributed by atoms with E-state index in [0.717, 1.165) is 6.26 Å². The summed E-state index contributed by atoms with van der Waals surface area (Å²) in [5.41, 5.74) is 5.78. The average Bonchev–Trinajstić information content (AvgIpc) is 2.67. The maximum Gasteiger partial charge on any atom is 0.254 e. The molecule has 30 heavy (non-hydrogen) atoms. The number of rotatable bonds is 5. The van der Waals surface area contributed by atoms with Crippen LogP contribution in [0.25, 0.3) is 0 Å². The number of aromatic nitrogens is 2. The van der Waals surface area contributed by atoms with E-state index in [-0.39, 0.29) is 33.9 Å². The zero-order valence-corrected chi connectivity index (χ0v) is 17.8. The van der Waals surface area contributed by atoms with Gasteiger partial charge in [-0.25, -0.2) is 13.4 Å². The lowest BCUT2D eigenvalue weighted by molar-refractivity contribution is -0.129. The summed E-state index contributed by atoms with van der Waals surface area (Å²) in [6, 6.07) is 6.28. The monoisotopic (exact) mass is 432 g/mol. The molecular weight excluding hydrogens is 408 g/mol. The van der Waals surface area contributed by atoms with Crippen molar-refractivity contribution in [2.24, 2.45) is 5.73 Å². The summed E-state index contributed by atoms with van der Waals surface area (Å²) in [5, 5.41) is 2.93. The molecule has 0 aliphatic carbocycles. The molecule has 3 rings (SSSR count). The van der Waals surface area contributed by atoms with Crippen molar-refractivity contribution in [1.29, 1.82) is 0 Å². The van der Waals surface area contributed by atoms with Gasteiger partial charge in [-0.15, -0.1) is 0 Å². The second-order valence-electron chi connectivity index (χ2n) is 7.20. The Balaban J connectivity index is 1.98. The average molecular weight is 433 g/mol. The Labute approximate surface area is 175 Å².